The van der Waals surface area contributed by atoms with Crippen molar-refractivity contribution in [1.29, 1.82) is 0 Å². The third-order valence-electron chi connectivity index (χ3n) is 5.79. The van der Waals surface area contributed by atoms with Crippen LogP contribution in [0.25, 0.3) is 22.3 Å². The van der Waals surface area contributed by atoms with Crippen LogP contribution in [-0.2, 0) is 10.3 Å². The van der Waals surface area contributed by atoms with Gasteiger partial charge in [-0.25, -0.2) is 0 Å². The Morgan fingerprint density at radius 3 is 2.00 bits per heavy atom. The molecule has 2 N–H and O–H groups in total. The summed E-state index contributed by atoms with van der Waals surface area (Å²) >= 11 is 0. The van der Waals surface area contributed by atoms with Crippen molar-refractivity contribution >= 4 is 11.7 Å². The topological polar surface area (TPSA) is 58.7 Å². The first-order valence-electron chi connectivity index (χ1n) is 11.1. The second kappa shape index (κ2) is 9.92. The van der Waals surface area contributed by atoms with Gasteiger partial charge in [-0.3, -0.25) is 9.79 Å². The molecule has 0 aromatic heterocycles. The van der Waals surface area contributed by atoms with Gasteiger partial charge in [0.05, 0.1) is 12.0 Å². The lowest BCUT2D eigenvalue weighted by molar-refractivity contribution is -0.128. The van der Waals surface area contributed by atoms with Crippen molar-refractivity contribution in [1.82, 2.24) is 4.90 Å². The van der Waals surface area contributed by atoms with Crippen molar-refractivity contribution in [2.75, 3.05) is 13.6 Å². The molecule has 1 aliphatic heterocycles. The largest absolute Gasteiger partial charge is 0.331 e. The number of carbonyl (C=O) groups is 1. The van der Waals surface area contributed by atoms with Crippen molar-refractivity contribution in [2.24, 2.45) is 10.7 Å². The number of amides is 1. The Labute approximate surface area is 191 Å². The predicted octanol–water partition coefficient (Wildman–Crippen LogP) is 5.79. The molecule has 166 valence electrons. The van der Waals surface area contributed by atoms with Crippen LogP contribution in [0.3, 0.4) is 0 Å². The van der Waals surface area contributed by atoms with Crippen LogP contribution in [0.15, 0.2) is 77.8 Å². The van der Waals surface area contributed by atoms with Gasteiger partial charge < -0.3 is 10.6 Å². The lowest BCUT2D eigenvalue weighted by atomic mass is 9.84. The third-order valence-corrected chi connectivity index (χ3v) is 5.79. The molecule has 3 aromatic rings. The highest BCUT2D eigenvalue weighted by atomic mass is 16.2. The molecule has 1 aliphatic rings. The van der Waals surface area contributed by atoms with Gasteiger partial charge in [0.15, 0.2) is 0 Å². The van der Waals surface area contributed by atoms with Crippen molar-refractivity contribution in [3.63, 3.8) is 0 Å². The molecule has 0 saturated carbocycles. The zero-order valence-corrected chi connectivity index (χ0v) is 19.7. The van der Waals surface area contributed by atoms with Crippen LogP contribution >= 0.6 is 0 Å². The minimum atomic E-state index is -0.529. The van der Waals surface area contributed by atoms with Gasteiger partial charge in [0.2, 0.25) is 5.91 Å². The predicted molar refractivity (Wildman–Crippen MR) is 135 cm³/mol. The van der Waals surface area contributed by atoms with Gasteiger partial charge in [-0.15, -0.1) is 0 Å². The van der Waals surface area contributed by atoms with E-state index in [9.17, 15) is 4.79 Å². The highest BCUT2D eigenvalue weighted by Gasteiger charge is 2.35. The van der Waals surface area contributed by atoms with E-state index in [1.165, 1.54) is 16.7 Å². The average molecular weight is 428 g/mol. The lowest BCUT2D eigenvalue weighted by Crippen LogP contribution is -2.42. The fourth-order valence-electron chi connectivity index (χ4n) is 3.98. The van der Waals surface area contributed by atoms with Gasteiger partial charge in [-0.05, 0) is 61.2 Å². The number of hydrogen-bond acceptors (Lipinski definition) is 3. The van der Waals surface area contributed by atoms with Gasteiger partial charge in [0.1, 0.15) is 5.84 Å². The summed E-state index contributed by atoms with van der Waals surface area (Å²) < 4.78 is 0. The van der Waals surface area contributed by atoms with E-state index >= 15 is 0 Å². The molecule has 1 heterocycles. The summed E-state index contributed by atoms with van der Waals surface area (Å²) in [6.07, 6.45) is 0.386. The van der Waals surface area contributed by atoms with Crippen LogP contribution < -0.4 is 5.73 Å². The number of amidine groups is 1. The molecule has 0 fully saturated rings. The molecule has 4 nitrogen and oxygen atoms in total. The fraction of sp³-hybridized carbons (Fsp3) is 0.286. The smallest absolute Gasteiger partial charge is 0.230 e. The fourth-order valence-corrected chi connectivity index (χ4v) is 3.98. The number of aryl methyl sites for hydroxylation is 1. The molecule has 1 atom stereocenters. The third kappa shape index (κ3) is 5.14. The van der Waals surface area contributed by atoms with Gasteiger partial charge in [-0.2, -0.15) is 0 Å². The van der Waals surface area contributed by atoms with Crippen LogP contribution in [0.4, 0.5) is 0 Å². The maximum Gasteiger partial charge on any atom is 0.230 e. The van der Waals surface area contributed by atoms with Crippen LogP contribution in [0.2, 0.25) is 0 Å². The molecular formula is C28H33N3O. The van der Waals surface area contributed by atoms with Crippen LogP contribution in [0, 0.1) is 6.92 Å². The van der Waals surface area contributed by atoms with E-state index in [0.717, 1.165) is 29.1 Å². The molecule has 4 heteroatoms. The van der Waals surface area contributed by atoms with Crippen LogP contribution in [0.5, 0.6) is 0 Å². The summed E-state index contributed by atoms with van der Waals surface area (Å²) in [4.78, 5) is 19.0. The van der Waals surface area contributed by atoms with Crippen molar-refractivity contribution < 1.29 is 4.79 Å². The number of hydrogen-bond donors (Lipinski definition) is 1. The standard InChI is InChI=1S/C26H26N2O.C2H7N/c1-18-14-23(22-12-10-21(11-13-22)20-8-6-5-7-9-20)16-24(15-18)26(3)17-25(29)28(4)19(2)27-26;1-2-3/h5-16H,17H2,1-4H3;2-3H2,1H3. The van der Waals surface area contributed by atoms with Gasteiger partial charge in [0, 0.05) is 7.05 Å². The zero-order chi connectivity index (χ0) is 23.3. The highest BCUT2D eigenvalue weighted by molar-refractivity contribution is 5.99. The summed E-state index contributed by atoms with van der Waals surface area (Å²) in [5, 5.41) is 0. The molecular weight excluding hydrogens is 394 g/mol. The lowest BCUT2D eigenvalue weighted by Gasteiger charge is -2.34. The van der Waals surface area contributed by atoms with Gasteiger partial charge in [0.25, 0.3) is 0 Å². The number of aliphatic imine (C=N–C) groups is 1. The quantitative estimate of drug-likeness (QED) is 0.575. The van der Waals surface area contributed by atoms with Gasteiger partial charge in [-0.1, -0.05) is 79.2 Å². The summed E-state index contributed by atoms with van der Waals surface area (Å²) in [5.41, 5.74) is 11.3. The number of nitrogens with two attached hydrogens (primary N) is 1. The van der Waals surface area contributed by atoms with Crippen molar-refractivity contribution in [3.8, 4) is 22.3 Å². The van der Waals surface area contributed by atoms with E-state index in [1.807, 2.05) is 19.9 Å². The van der Waals surface area contributed by atoms with E-state index in [-0.39, 0.29) is 5.91 Å². The maximum absolute atomic E-state index is 12.5. The molecule has 4 rings (SSSR count). The Kier molecular flexibility index (Phi) is 7.26. The van der Waals surface area contributed by atoms with E-state index in [0.29, 0.717) is 6.42 Å². The number of rotatable bonds is 3. The average Bonchev–Trinajstić information content (AvgIpc) is 2.78. The molecule has 0 spiro atoms. The summed E-state index contributed by atoms with van der Waals surface area (Å²) in [7, 11) is 1.79. The Morgan fingerprint density at radius 1 is 0.906 bits per heavy atom. The van der Waals surface area contributed by atoms with Crippen molar-refractivity contribution in [2.45, 2.75) is 39.7 Å². The normalized spacial score (nSPS) is 18.0. The number of benzene rings is 3. The first-order chi connectivity index (χ1) is 15.3. The second-order valence-electron chi connectivity index (χ2n) is 8.50. The monoisotopic (exact) mass is 427 g/mol. The molecule has 0 bridgehead atoms. The second-order valence-corrected chi connectivity index (χ2v) is 8.50. The summed E-state index contributed by atoms with van der Waals surface area (Å²) in [5.74, 6) is 0.870. The molecule has 1 unspecified atom stereocenters. The molecule has 3 aromatic carbocycles. The highest BCUT2D eigenvalue weighted by Crippen LogP contribution is 2.36. The van der Waals surface area contributed by atoms with Crippen LogP contribution in [-0.4, -0.2) is 30.2 Å². The van der Waals surface area contributed by atoms with E-state index < -0.39 is 5.54 Å². The molecule has 1 amide bonds. The summed E-state index contributed by atoms with van der Waals surface area (Å²) in [6, 6.07) is 25.6. The first kappa shape index (κ1) is 23.4. The minimum absolute atomic E-state index is 0.107. The molecule has 0 aliphatic carbocycles. The molecule has 0 saturated heterocycles. The zero-order valence-electron chi connectivity index (χ0n) is 19.7. The molecule has 32 heavy (non-hydrogen) atoms. The Morgan fingerprint density at radius 2 is 1.44 bits per heavy atom. The number of carbonyl (C=O) groups excluding carboxylic acids is 1. The van der Waals surface area contributed by atoms with E-state index in [1.54, 1.807) is 11.9 Å². The van der Waals surface area contributed by atoms with E-state index in [4.69, 9.17) is 10.7 Å². The van der Waals surface area contributed by atoms with E-state index in [2.05, 4.69) is 80.6 Å². The minimum Gasteiger partial charge on any atom is -0.331 e. The molecule has 0 radical (unpaired) electrons. The first-order valence-corrected chi connectivity index (χ1v) is 11.1. The number of nitrogens with zero attached hydrogens (tertiary/aromatic N) is 2. The van der Waals surface area contributed by atoms with Crippen molar-refractivity contribution in [3.05, 3.63) is 83.9 Å². The maximum atomic E-state index is 12.5. The Hall–Kier alpha value is -3.24. The SMILES string of the molecule is CC1=NC(C)(c2cc(C)cc(-c3ccc(-c4ccccc4)cc3)c2)CC(=O)N1C.CCN. The van der Waals surface area contributed by atoms with Gasteiger partial charge >= 0.3 is 0 Å². The summed E-state index contributed by atoms with van der Waals surface area (Å²) in [6.45, 7) is 8.70. The Balaban J connectivity index is 0.000000913. The Bertz CT molecular complexity index is 1100. The van der Waals surface area contributed by atoms with Crippen LogP contribution in [0.1, 0.15) is 38.3 Å².